The summed E-state index contributed by atoms with van der Waals surface area (Å²) in [7, 11) is 1.47. The maximum atomic E-state index is 11.5. The number of non-ortho nitro benzene ring substituents is 1. The Kier molecular flexibility index (Phi) is 8.89. The zero-order chi connectivity index (χ0) is 26.1. The van der Waals surface area contributed by atoms with Crippen molar-refractivity contribution in [1.82, 2.24) is 0 Å². The normalized spacial score (nSPS) is 11.2. The molecule has 0 heterocycles. The minimum Gasteiger partial charge on any atom is -0.494 e. The van der Waals surface area contributed by atoms with Crippen LogP contribution in [-0.4, -0.2) is 36.0 Å². The van der Waals surface area contributed by atoms with Gasteiger partial charge in [0.1, 0.15) is 17.2 Å². The Bertz CT molecular complexity index is 1270. The molecule has 0 spiro atoms. The van der Waals surface area contributed by atoms with Gasteiger partial charge >= 0.3 is 0 Å². The van der Waals surface area contributed by atoms with Gasteiger partial charge in [-0.2, -0.15) is 15.3 Å². The van der Waals surface area contributed by atoms with Crippen molar-refractivity contribution in [3.05, 3.63) is 76.3 Å². The number of hydrogen-bond acceptors (Lipinski definition) is 10. The van der Waals surface area contributed by atoms with Gasteiger partial charge in [-0.3, -0.25) is 14.9 Å². The molecular formula is C25H26N6O5. The number of anilines is 1. The summed E-state index contributed by atoms with van der Waals surface area (Å²) in [6, 6.07) is 16.2. The summed E-state index contributed by atoms with van der Waals surface area (Å²) in [4.78, 5) is 23.7. The number of methoxy groups -OCH3 is 1. The van der Waals surface area contributed by atoms with Crippen LogP contribution in [-0.2, 0) is 11.4 Å². The van der Waals surface area contributed by atoms with E-state index >= 15 is 0 Å². The second-order valence-electron chi connectivity index (χ2n) is 7.72. The summed E-state index contributed by atoms with van der Waals surface area (Å²) >= 11 is 0. The van der Waals surface area contributed by atoms with Crippen molar-refractivity contribution in [2.75, 3.05) is 25.1 Å². The first-order valence-corrected chi connectivity index (χ1v) is 11.1. The molecule has 36 heavy (non-hydrogen) atoms. The lowest BCUT2D eigenvalue weighted by atomic mass is 10.1. The molecule has 3 rings (SSSR count). The fraction of sp³-hybridized carbons (Fsp3) is 0.240. The van der Waals surface area contributed by atoms with E-state index in [4.69, 9.17) is 4.74 Å². The number of Topliss-reactive ketones (excluding diaryl/α,β-unsaturated/α-hetero) is 1. The number of aliphatic hydroxyl groups excluding tert-OH is 1. The third-order valence-corrected chi connectivity index (χ3v) is 5.17. The Morgan fingerprint density at radius 1 is 0.972 bits per heavy atom. The van der Waals surface area contributed by atoms with Crippen LogP contribution in [0.25, 0.3) is 0 Å². The third-order valence-electron chi connectivity index (χ3n) is 5.17. The van der Waals surface area contributed by atoms with Crippen LogP contribution in [0.4, 0.5) is 34.1 Å². The maximum Gasteiger partial charge on any atom is 0.269 e. The largest absolute Gasteiger partial charge is 0.494 e. The zero-order valence-electron chi connectivity index (χ0n) is 20.2. The molecule has 0 radical (unpaired) electrons. The number of nitro groups is 1. The third kappa shape index (κ3) is 6.76. The van der Waals surface area contributed by atoms with E-state index in [1.807, 2.05) is 24.0 Å². The molecule has 0 atom stereocenters. The highest BCUT2D eigenvalue weighted by molar-refractivity contribution is 5.81. The predicted octanol–water partition coefficient (Wildman–Crippen LogP) is 6.34. The monoisotopic (exact) mass is 490 g/mol. The quantitative estimate of drug-likeness (QED) is 0.189. The van der Waals surface area contributed by atoms with E-state index in [1.54, 1.807) is 31.2 Å². The Labute approximate surface area is 207 Å². The number of azo groups is 2. The van der Waals surface area contributed by atoms with Gasteiger partial charge in [0.2, 0.25) is 0 Å². The molecule has 0 saturated carbocycles. The summed E-state index contributed by atoms with van der Waals surface area (Å²) in [5, 5.41) is 37.4. The number of aliphatic hydroxyl groups is 1. The maximum absolute atomic E-state index is 11.5. The Morgan fingerprint density at radius 3 is 2.06 bits per heavy atom. The van der Waals surface area contributed by atoms with Gasteiger partial charge in [0.05, 0.1) is 42.2 Å². The summed E-state index contributed by atoms with van der Waals surface area (Å²) < 4.78 is 5.40. The van der Waals surface area contributed by atoms with Crippen molar-refractivity contribution < 1.29 is 19.6 Å². The molecule has 0 saturated heterocycles. The van der Waals surface area contributed by atoms with E-state index in [-0.39, 0.29) is 18.1 Å². The zero-order valence-corrected chi connectivity index (χ0v) is 20.2. The van der Waals surface area contributed by atoms with Gasteiger partial charge in [-0.25, -0.2) is 0 Å². The molecule has 3 aromatic rings. The van der Waals surface area contributed by atoms with E-state index in [0.717, 1.165) is 5.69 Å². The molecule has 0 unspecified atom stereocenters. The van der Waals surface area contributed by atoms with Crippen LogP contribution in [0.5, 0.6) is 5.75 Å². The van der Waals surface area contributed by atoms with Crippen LogP contribution < -0.4 is 9.64 Å². The van der Waals surface area contributed by atoms with E-state index in [1.165, 1.54) is 31.4 Å². The predicted molar refractivity (Wildman–Crippen MR) is 135 cm³/mol. The van der Waals surface area contributed by atoms with Gasteiger partial charge in [0, 0.05) is 36.0 Å². The van der Waals surface area contributed by atoms with Crippen LogP contribution in [0.3, 0.4) is 0 Å². The fourth-order valence-electron chi connectivity index (χ4n) is 3.31. The highest BCUT2D eigenvalue weighted by Crippen LogP contribution is 2.37. The van der Waals surface area contributed by atoms with Crippen LogP contribution in [0.1, 0.15) is 19.4 Å². The van der Waals surface area contributed by atoms with Gasteiger partial charge in [-0.15, -0.1) is 5.11 Å². The Balaban J connectivity index is 1.82. The molecule has 0 aliphatic heterocycles. The number of ketones is 1. The summed E-state index contributed by atoms with van der Waals surface area (Å²) in [5.41, 5.74) is 3.11. The average molecular weight is 491 g/mol. The molecule has 0 aromatic heterocycles. The van der Waals surface area contributed by atoms with E-state index in [2.05, 4.69) is 20.5 Å². The number of carbonyl (C=O) groups is 1. The number of hydrogen-bond donors (Lipinski definition) is 1. The lowest BCUT2D eigenvalue weighted by molar-refractivity contribution is -0.384. The number of carbonyl (C=O) groups excluding carboxylic acids is 1. The van der Waals surface area contributed by atoms with Crippen molar-refractivity contribution in [3.63, 3.8) is 0 Å². The molecule has 186 valence electrons. The summed E-state index contributed by atoms with van der Waals surface area (Å²) in [6.45, 7) is 4.27. The summed E-state index contributed by atoms with van der Waals surface area (Å²) in [6.07, 6.45) is 0. The first kappa shape index (κ1) is 26.1. The fourth-order valence-corrected chi connectivity index (χ4v) is 3.31. The highest BCUT2D eigenvalue weighted by Gasteiger charge is 2.11. The van der Waals surface area contributed by atoms with Crippen LogP contribution in [0, 0.1) is 10.1 Å². The minimum atomic E-state index is -0.492. The van der Waals surface area contributed by atoms with Crippen molar-refractivity contribution in [1.29, 1.82) is 0 Å². The lowest BCUT2D eigenvalue weighted by Crippen LogP contribution is -2.28. The van der Waals surface area contributed by atoms with Crippen LogP contribution in [0.2, 0.25) is 0 Å². The van der Waals surface area contributed by atoms with Crippen molar-refractivity contribution in [2.45, 2.75) is 20.5 Å². The molecule has 1 N–H and O–H groups in total. The lowest BCUT2D eigenvalue weighted by Gasteiger charge is -2.21. The average Bonchev–Trinajstić information content (AvgIpc) is 2.89. The van der Waals surface area contributed by atoms with Crippen LogP contribution in [0.15, 0.2) is 81.1 Å². The van der Waals surface area contributed by atoms with E-state index in [0.29, 0.717) is 47.2 Å². The minimum absolute atomic E-state index is 0.0443. The number of ether oxygens (including phenoxy) is 1. The first-order chi connectivity index (χ1) is 17.3. The Morgan fingerprint density at radius 2 is 1.56 bits per heavy atom. The molecule has 0 aliphatic carbocycles. The molecule has 0 amide bonds. The van der Waals surface area contributed by atoms with E-state index < -0.39 is 4.92 Å². The molecule has 0 bridgehead atoms. The molecule has 0 aliphatic rings. The topological polar surface area (TPSA) is 142 Å². The van der Waals surface area contributed by atoms with Crippen molar-refractivity contribution in [2.24, 2.45) is 20.5 Å². The number of rotatable bonds is 11. The standard InChI is InChI=1S/C25H26N6O5/c1-4-30(15-17(2)33)21-9-5-19(6-10-21)26-28-23-14-25(36-3)24(13-18(23)16-32)29-27-20-7-11-22(12-8-20)31(34)35/h5-14,32H,4,15-16H2,1-3H3. The molecule has 0 fully saturated rings. The molecular weight excluding hydrogens is 464 g/mol. The SMILES string of the molecule is CCN(CC(C)=O)c1ccc(N=Nc2cc(OC)c(N=Nc3ccc([N+](=O)[O-])cc3)cc2CO)cc1. The smallest absolute Gasteiger partial charge is 0.269 e. The van der Waals surface area contributed by atoms with Crippen molar-refractivity contribution >= 4 is 39.9 Å². The molecule has 3 aromatic carbocycles. The number of benzene rings is 3. The molecule has 11 nitrogen and oxygen atoms in total. The Hall–Kier alpha value is -4.51. The van der Waals surface area contributed by atoms with Gasteiger partial charge in [-0.05, 0) is 56.3 Å². The highest BCUT2D eigenvalue weighted by atomic mass is 16.6. The van der Waals surface area contributed by atoms with Gasteiger partial charge in [0.25, 0.3) is 5.69 Å². The van der Waals surface area contributed by atoms with Crippen molar-refractivity contribution in [3.8, 4) is 5.75 Å². The number of likely N-dealkylation sites (N-methyl/N-ethyl adjacent to an activating group) is 1. The van der Waals surface area contributed by atoms with E-state index in [9.17, 15) is 20.0 Å². The van der Waals surface area contributed by atoms with Crippen LogP contribution >= 0.6 is 0 Å². The number of nitrogens with zero attached hydrogens (tertiary/aromatic N) is 6. The van der Waals surface area contributed by atoms with Gasteiger partial charge < -0.3 is 14.7 Å². The second-order valence-corrected chi connectivity index (χ2v) is 7.72. The molecule has 11 heteroatoms. The second kappa shape index (κ2) is 12.3. The first-order valence-electron chi connectivity index (χ1n) is 11.1. The van der Waals surface area contributed by atoms with Gasteiger partial charge in [0.15, 0.2) is 0 Å². The number of nitro benzene ring substituents is 1. The summed E-state index contributed by atoms with van der Waals surface area (Å²) in [5.74, 6) is 0.451. The van der Waals surface area contributed by atoms with Gasteiger partial charge in [-0.1, -0.05) is 0 Å².